The van der Waals surface area contributed by atoms with Crippen molar-refractivity contribution >= 4 is 11.8 Å². The maximum Gasteiger partial charge on any atom is 0.221 e. The molecule has 0 spiro atoms. The van der Waals surface area contributed by atoms with Crippen molar-refractivity contribution in [1.29, 1.82) is 0 Å². The van der Waals surface area contributed by atoms with Gasteiger partial charge < -0.3 is 15.5 Å². The fourth-order valence-corrected chi connectivity index (χ4v) is 1.06. The van der Waals surface area contributed by atoms with Crippen LogP contribution in [-0.2, 0) is 9.59 Å². The predicted molar refractivity (Wildman–Crippen MR) is 59.5 cm³/mol. The smallest absolute Gasteiger partial charge is 0.221 e. The second-order valence-electron chi connectivity index (χ2n) is 3.74. The van der Waals surface area contributed by atoms with Gasteiger partial charge in [0.25, 0.3) is 0 Å². The Balaban J connectivity index is 3.30. The molecule has 15 heavy (non-hydrogen) atoms. The van der Waals surface area contributed by atoms with Gasteiger partial charge in [-0.05, 0) is 27.1 Å². The first-order valence-corrected chi connectivity index (χ1v) is 5.18. The molecule has 0 aliphatic rings. The Hall–Kier alpha value is -1.10. The highest BCUT2D eigenvalue weighted by Crippen LogP contribution is 1.82. The van der Waals surface area contributed by atoms with E-state index in [1.54, 1.807) is 0 Å². The van der Waals surface area contributed by atoms with Gasteiger partial charge in [0.05, 0.1) is 0 Å². The van der Waals surface area contributed by atoms with Gasteiger partial charge in [0.2, 0.25) is 11.8 Å². The Morgan fingerprint density at radius 2 is 1.80 bits per heavy atom. The van der Waals surface area contributed by atoms with E-state index in [-0.39, 0.29) is 11.8 Å². The van der Waals surface area contributed by atoms with E-state index >= 15 is 0 Å². The molecule has 0 unspecified atom stereocenters. The monoisotopic (exact) mass is 215 g/mol. The second kappa shape index (κ2) is 8.23. The van der Waals surface area contributed by atoms with Gasteiger partial charge in [-0.15, -0.1) is 0 Å². The Morgan fingerprint density at radius 1 is 1.13 bits per heavy atom. The van der Waals surface area contributed by atoms with Crippen LogP contribution in [0.4, 0.5) is 0 Å². The normalized spacial score (nSPS) is 10.1. The highest BCUT2D eigenvalue weighted by Gasteiger charge is 2.00. The van der Waals surface area contributed by atoms with E-state index < -0.39 is 0 Å². The highest BCUT2D eigenvalue weighted by atomic mass is 16.2. The van der Waals surface area contributed by atoms with Crippen molar-refractivity contribution in [3.05, 3.63) is 0 Å². The lowest BCUT2D eigenvalue weighted by atomic mass is 10.3. The quantitative estimate of drug-likeness (QED) is 0.567. The minimum atomic E-state index is -0.101. The van der Waals surface area contributed by atoms with E-state index in [1.165, 1.54) is 6.92 Å². The first-order valence-electron chi connectivity index (χ1n) is 5.18. The number of amides is 2. The van der Waals surface area contributed by atoms with Gasteiger partial charge in [0, 0.05) is 26.4 Å². The van der Waals surface area contributed by atoms with Crippen molar-refractivity contribution in [2.75, 3.05) is 33.7 Å². The maximum absolute atomic E-state index is 11.2. The minimum Gasteiger partial charge on any atom is -0.356 e. The van der Waals surface area contributed by atoms with Gasteiger partial charge in [-0.2, -0.15) is 0 Å². The van der Waals surface area contributed by atoms with Crippen molar-refractivity contribution in [3.63, 3.8) is 0 Å². The second-order valence-corrected chi connectivity index (χ2v) is 3.74. The lowest BCUT2D eigenvalue weighted by molar-refractivity contribution is -0.121. The van der Waals surface area contributed by atoms with E-state index in [4.69, 9.17) is 0 Å². The average Bonchev–Trinajstić information content (AvgIpc) is 2.11. The molecule has 2 amide bonds. The van der Waals surface area contributed by atoms with Crippen LogP contribution in [-0.4, -0.2) is 50.4 Å². The summed E-state index contributed by atoms with van der Waals surface area (Å²) in [7, 11) is 4.00. The third-order valence-electron chi connectivity index (χ3n) is 1.83. The summed E-state index contributed by atoms with van der Waals surface area (Å²) in [5.41, 5.74) is 0. The number of hydrogen-bond acceptors (Lipinski definition) is 3. The molecule has 0 aromatic carbocycles. The number of carbonyl (C=O) groups excluding carboxylic acids is 2. The fraction of sp³-hybridized carbons (Fsp3) is 0.800. The summed E-state index contributed by atoms with van der Waals surface area (Å²) in [5.74, 6) is -0.113. The van der Waals surface area contributed by atoms with Crippen LogP contribution in [0.15, 0.2) is 0 Å². The fourth-order valence-electron chi connectivity index (χ4n) is 1.06. The zero-order valence-corrected chi connectivity index (χ0v) is 9.80. The van der Waals surface area contributed by atoms with Crippen LogP contribution in [0.5, 0.6) is 0 Å². The van der Waals surface area contributed by atoms with E-state index in [1.807, 2.05) is 14.1 Å². The molecule has 0 aromatic rings. The zero-order valence-electron chi connectivity index (χ0n) is 9.80. The topological polar surface area (TPSA) is 61.4 Å². The van der Waals surface area contributed by atoms with Gasteiger partial charge in [-0.25, -0.2) is 0 Å². The molecule has 5 nitrogen and oxygen atoms in total. The molecule has 5 heteroatoms. The first kappa shape index (κ1) is 13.9. The highest BCUT2D eigenvalue weighted by molar-refractivity contribution is 5.77. The molecule has 0 rings (SSSR count). The first-order chi connectivity index (χ1) is 7.02. The molecule has 0 aliphatic heterocycles. The van der Waals surface area contributed by atoms with Crippen LogP contribution in [0.2, 0.25) is 0 Å². The van der Waals surface area contributed by atoms with E-state index in [0.29, 0.717) is 19.5 Å². The summed E-state index contributed by atoms with van der Waals surface area (Å²) in [4.78, 5) is 23.8. The molecule has 0 atom stereocenters. The molecular formula is C10H21N3O2. The Bertz CT molecular complexity index is 205. The summed E-state index contributed by atoms with van der Waals surface area (Å²) >= 11 is 0. The molecule has 0 fully saturated rings. The van der Waals surface area contributed by atoms with Crippen LogP contribution in [0.3, 0.4) is 0 Å². The van der Waals surface area contributed by atoms with Gasteiger partial charge in [-0.3, -0.25) is 9.59 Å². The van der Waals surface area contributed by atoms with Crippen molar-refractivity contribution in [2.45, 2.75) is 19.8 Å². The van der Waals surface area contributed by atoms with E-state index in [0.717, 1.165) is 13.0 Å². The molecule has 0 aromatic heterocycles. The number of nitrogens with zero attached hydrogens (tertiary/aromatic N) is 1. The lowest BCUT2D eigenvalue weighted by Crippen LogP contribution is -2.31. The van der Waals surface area contributed by atoms with Crippen LogP contribution in [0.1, 0.15) is 19.8 Å². The molecule has 0 radical (unpaired) electrons. The van der Waals surface area contributed by atoms with Crippen LogP contribution in [0, 0.1) is 0 Å². The number of rotatable bonds is 7. The molecule has 0 saturated heterocycles. The predicted octanol–water partition coefficient (Wildman–Crippen LogP) is -0.419. The number of carbonyl (C=O) groups is 2. The lowest BCUT2D eigenvalue weighted by Gasteiger charge is -2.09. The summed E-state index contributed by atoms with van der Waals surface area (Å²) in [6.07, 6.45) is 1.29. The van der Waals surface area contributed by atoms with E-state index in [9.17, 15) is 9.59 Å². The largest absolute Gasteiger partial charge is 0.356 e. The summed E-state index contributed by atoms with van der Waals surface area (Å²) in [6, 6.07) is 0. The summed E-state index contributed by atoms with van der Waals surface area (Å²) < 4.78 is 0. The average molecular weight is 215 g/mol. The Labute approximate surface area is 91.2 Å². The SMILES string of the molecule is CC(=O)NCCC(=O)NCCCN(C)C. The van der Waals surface area contributed by atoms with Crippen molar-refractivity contribution in [1.82, 2.24) is 15.5 Å². The molecule has 0 aliphatic carbocycles. The zero-order chi connectivity index (χ0) is 11.7. The van der Waals surface area contributed by atoms with Gasteiger partial charge in [0.15, 0.2) is 0 Å². The van der Waals surface area contributed by atoms with Crippen LogP contribution in [0.25, 0.3) is 0 Å². The van der Waals surface area contributed by atoms with Gasteiger partial charge >= 0.3 is 0 Å². The van der Waals surface area contributed by atoms with Crippen LogP contribution >= 0.6 is 0 Å². The molecular weight excluding hydrogens is 194 g/mol. The molecule has 2 N–H and O–H groups in total. The maximum atomic E-state index is 11.2. The molecule has 0 bridgehead atoms. The molecule has 0 heterocycles. The Kier molecular flexibility index (Phi) is 7.62. The number of nitrogens with one attached hydrogen (secondary N) is 2. The third kappa shape index (κ3) is 10.8. The standard InChI is InChI=1S/C10H21N3O2/c1-9(14)11-7-5-10(15)12-6-4-8-13(2)3/h4-8H2,1-3H3,(H,11,14)(H,12,15). The van der Waals surface area contributed by atoms with E-state index in [2.05, 4.69) is 15.5 Å². The van der Waals surface area contributed by atoms with Crippen molar-refractivity contribution in [2.24, 2.45) is 0 Å². The molecule has 88 valence electrons. The molecule has 0 saturated carbocycles. The van der Waals surface area contributed by atoms with Crippen molar-refractivity contribution < 1.29 is 9.59 Å². The van der Waals surface area contributed by atoms with Crippen LogP contribution < -0.4 is 10.6 Å². The van der Waals surface area contributed by atoms with Crippen molar-refractivity contribution in [3.8, 4) is 0 Å². The van der Waals surface area contributed by atoms with Gasteiger partial charge in [-0.1, -0.05) is 0 Å². The summed E-state index contributed by atoms with van der Waals surface area (Å²) in [6.45, 7) is 3.51. The minimum absolute atomic E-state index is 0.0116. The van der Waals surface area contributed by atoms with Gasteiger partial charge in [0.1, 0.15) is 0 Å². The number of hydrogen-bond donors (Lipinski definition) is 2. The summed E-state index contributed by atoms with van der Waals surface area (Å²) in [5, 5.41) is 5.37. The third-order valence-corrected chi connectivity index (χ3v) is 1.83. The Morgan fingerprint density at radius 3 is 2.33 bits per heavy atom.